The first-order valence-electron chi connectivity index (χ1n) is 8.76. The second kappa shape index (κ2) is 8.85. The molecule has 2 aromatic carbocycles. The van der Waals surface area contributed by atoms with E-state index in [1.54, 1.807) is 38.5 Å². The third-order valence-corrected chi connectivity index (χ3v) is 4.04. The Morgan fingerprint density at radius 3 is 2.61 bits per heavy atom. The van der Waals surface area contributed by atoms with Crippen molar-refractivity contribution in [1.82, 2.24) is 9.97 Å². The molecule has 3 rings (SSSR count). The fourth-order valence-electron chi connectivity index (χ4n) is 2.68. The number of hydrogen-bond acceptors (Lipinski definition) is 6. The van der Waals surface area contributed by atoms with E-state index in [-0.39, 0.29) is 11.6 Å². The highest BCUT2D eigenvalue weighted by molar-refractivity contribution is 6.03. The van der Waals surface area contributed by atoms with E-state index in [4.69, 9.17) is 9.47 Å². The third-order valence-electron chi connectivity index (χ3n) is 4.04. The quantitative estimate of drug-likeness (QED) is 0.653. The van der Waals surface area contributed by atoms with Crippen LogP contribution in [-0.4, -0.2) is 30.1 Å². The number of amides is 1. The van der Waals surface area contributed by atoms with Crippen LogP contribution in [-0.2, 0) is 6.54 Å². The topological polar surface area (TPSA) is 85.4 Å². The molecule has 1 aromatic heterocycles. The van der Waals surface area contributed by atoms with E-state index in [0.717, 1.165) is 11.3 Å². The summed E-state index contributed by atoms with van der Waals surface area (Å²) in [6, 6.07) is 16.5. The van der Waals surface area contributed by atoms with Crippen LogP contribution in [0.4, 0.5) is 11.6 Å². The van der Waals surface area contributed by atoms with Crippen molar-refractivity contribution in [2.75, 3.05) is 24.9 Å². The lowest BCUT2D eigenvalue weighted by Crippen LogP contribution is -2.16. The molecule has 2 N–H and O–H groups in total. The number of nitrogens with zero attached hydrogens (tertiary/aromatic N) is 2. The van der Waals surface area contributed by atoms with Crippen LogP contribution in [0.25, 0.3) is 0 Å². The molecule has 3 aromatic rings. The van der Waals surface area contributed by atoms with Gasteiger partial charge in [0, 0.05) is 29.6 Å². The summed E-state index contributed by atoms with van der Waals surface area (Å²) in [7, 11) is 3.21. The van der Waals surface area contributed by atoms with Gasteiger partial charge in [-0.2, -0.15) is 0 Å². The minimum absolute atomic E-state index is 0.276. The average molecular weight is 378 g/mol. The number of carbonyl (C=O) groups excluding carboxylic acids is 1. The van der Waals surface area contributed by atoms with E-state index in [2.05, 4.69) is 20.6 Å². The molecule has 0 saturated heterocycles. The number of para-hydroxylation sites is 1. The first-order valence-corrected chi connectivity index (χ1v) is 8.76. The Bertz CT molecular complexity index is 975. The highest BCUT2D eigenvalue weighted by Gasteiger charge is 2.12. The maximum absolute atomic E-state index is 12.6. The van der Waals surface area contributed by atoms with Gasteiger partial charge in [-0.1, -0.05) is 24.3 Å². The molecule has 0 saturated carbocycles. The molecule has 0 aliphatic heterocycles. The molecule has 0 aliphatic rings. The zero-order valence-electron chi connectivity index (χ0n) is 16.0. The smallest absolute Gasteiger partial charge is 0.274 e. The number of rotatable bonds is 7. The molecule has 28 heavy (non-hydrogen) atoms. The molecule has 144 valence electrons. The Hall–Kier alpha value is -3.61. The standard InChI is InChI=1S/C21H22N4O3/c1-14-11-18(20(26)24-16-8-6-9-17(12-16)27-2)25-21(23-14)22-13-15-7-4-5-10-19(15)28-3/h4-12H,13H2,1-3H3,(H,24,26)(H,22,23,25). The van der Waals surface area contributed by atoms with Crippen LogP contribution >= 0.6 is 0 Å². The first kappa shape index (κ1) is 19.2. The fraction of sp³-hybridized carbons (Fsp3) is 0.190. The van der Waals surface area contributed by atoms with Crippen molar-refractivity contribution >= 4 is 17.5 Å². The predicted octanol–water partition coefficient (Wildman–Crippen LogP) is 3.67. The lowest BCUT2D eigenvalue weighted by atomic mass is 10.2. The van der Waals surface area contributed by atoms with Gasteiger partial charge in [-0.25, -0.2) is 9.97 Å². The summed E-state index contributed by atoms with van der Waals surface area (Å²) in [6.45, 7) is 2.29. The Morgan fingerprint density at radius 1 is 1.00 bits per heavy atom. The average Bonchev–Trinajstić information content (AvgIpc) is 2.72. The van der Waals surface area contributed by atoms with E-state index in [0.29, 0.717) is 29.6 Å². The molecule has 0 bridgehead atoms. The zero-order chi connectivity index (χ0) is 19.9. The van der Waals surface area contributed by atoms with Crippen molar-refractivity contribution < 1.29 is 14.3 Å². The van der Waals surface area contributed by atoms with Crippen molar-refractivity contribution in [3.63, 3.8) is 0 Å². The van der Waals surface area contributed by atoms with E-state index in [1.165, 1.54) is 0 Å². The van der Waals surface area contributed by atoms with Crippen LogP contribution in [0.3, 0.4) is 0 Å². The second-order valence-corrected chi connectivity index (χ2v) is 6.07. The van der Waals surface area contributed by atoms with Crippen LogP contribution in [0.1, 0.15) is 21.7 Å². The van der Waals surface area contributed by atoms with Crippen molar-refractivity contribution in [2.45, 2.75) is 13.5 Å². The monoisotopic (exact) mass is 378 g/mol. The molecule has 1 heterocycles. The number of benzene rings is 2. The zero-order valence-corrected chi connectivity index (χ0v) is 16.0. The Morgan fingerprint density at radius 2 is 1.82 bits per heavy atom. The number of carbonyl (C=O) groups is 1. The normalized spacial score (nSPS) is 10.2. The van der Waals surface area contributed by atoms with Crippen molar-refractivity contribution in [2.24, 2.45) is 0 Å². The van der Waals surface area contributed by atoms with E-state index in [9.17, 15) is 4.79 Å². The van der Waals surface area contributed by atoms with Gasteiger partial charge in [0.1, 0.15) is 17.2 Å². The lowest BCUT2D eigenvalue weighted by molar-refractivity contribution is 0.102. The number of anilines is 2. The number of hydrogen-bond donors (Lipinski definition) is 2. The molecule has 0 radical (unpaired) electrons. The van der Waals surface area contributed by atoms with Crippen LogP contribution in [0.5, 0.6) is 11.5 Å². The largest absolute Gasteiger partial charge is 0.497 e. The van der Waals surface area contributed by atoms with Gasteiger partial charge in [-0.3, -0.25) is 4.79 Å². The number of aryl methyl sites for hydroxylation is 1. The number of ether oxygens (including phenoxy) is 2. The highest BCUT2D eigenvalue weighted by Crippen LogP contribution is 2.19. The van der Waals surface area contributed by atoms with Gasteiger partial charge in [0.05, 0.1) is 14.2 Å². The van der Waals surface area contributed by atoms with Crippen LogP contribution < -0.4 is 20.1 Å². The maximum Gasteiger partial charge on any atom is 0.274 e. The second-order valence-electron chi connectivity index (χ2n) is 6.07. The van der Waals surface area contributed by atoms with Gasteiger partial charge >= 0.3 is 0 Å². The lowest BCUT2D eigenvalue weighted by Gasteiger charge is -2.11. The van der Waals surface area contributed by atoms with Gasteiger partial charge in [-0.15, -0.1) is 0 Å². The summed E-state index contributed by atoms with van der Waals surface area (Å²) < 4.78 is 10.5. The minimum Gasteiger partial charge on any atom is -0.497 e. The van der Waals surface area contributed by atoms with Gasteiger partial charge < -0.3 is 20.1 Å². The Labute approximate surface area is 163 Å². The fourth-order valence-corrected chi connectivity index (χ4v) is 2.68. The molecule has 0 unspecified atom stereocenters. The number of methoxy groups -OCH3 is 2. The summed E-state index contributed by atoms with van der Waals surface area (Å²) in [5.41, 5.74) is 2.56. The van der Waals surface area contributed by atoms with E-state index >= 15 is 0 Å². The molecule has 7 nitrogen and oxygen atoms in total. The van der Waals surface area contributed by atoms with E-state index < -0.39 is 0 Å². The highest BCUT2D eigenvalue weighted by atomic mass is 16.5. The Balaban J connectivity index is 1.74. The molecular weight excluding hydrogens is 356 g/mol. The molecule has 0 atom stereocenters. The predicted molar refractivity (Wildman–Crippen MR) is 108 cm³/mol. The summed E-state index contributed by atoms with van der Waals surface area (Å²) in [5, 5.41) is 5.97. The van der Waals surface area contributed by atoms with E-state index in [1.807, 2.05) is 37.3 Å². The first-order chi connectivity index (χ1) is 13.6. The molecule has 0 aliphatic carbocycles. The summed E-state index contributed by atoms with van der Waals surface area (Å²) in [5.74, 6) is 1.50. The molecular formula is C21H22N4O3. The van der Waals surface area contributed by atoms with Crippen molar-refractivity contribution in [3.05, 3.63) is 71.5 Å². The van der Waals surface area contributed by atoms with Crippen molar-refractivity contribution in [3.8, 4) is 11.5 Å². The van der Waals surface area contributed by atoms with Crippen LogP contribution in [0, 0.1) is 6.92 Å². The third kappa shape index (κ3) is 4.76. The summed E-state index contributed by atoms with van der Waals surface area (Å²) in [4.78, 5) is 21.3. The van der Waals surface area contributed by atoms with Crippen molar-refractivity contribution in [1.29, 1.82) is 0 Å². The minimum atomic E-state index is -0.320. The Kier molecular flexibility index (Phi) is 6.06. The van der Waals surface area contributed by atoms with Crippen LogP contribution in [0.2, 0.25) is 0 Å². The maximum atomic E-state index is 12.6. The van der Waals surface area contributed by atoms with Gasteiger partial charge in [0.2, 0.25) is 5.95 Å². The SMILES string of the molecule is COc1cccc(NC(=O)c2cc(C)nc(NCc3ccccc3OC)n2)c1. The summed E-state index contributed by atoms with van der Waals surface area (Å²) >= 11 is 0. The van der Waals surface area contributed by atoms with Gasteiger partial charge in [0.25, 0.3) is 5.91 Å². The van der Waals surface area contributed by atoms with Gasteiger partial charge in [-0.05, 0) is 31.2 Å². The molecule has 0 spiro atoms. The summed E-state index contributed by atoms with van der Waals surface area (Å²) in [6.07, 6.45) is 0. The molecule has 0 fully saturated rings. The number of nitrogens with one attached hydrogen (secondary N) is 2. The number of aromatic nitrogens is 2. The molecule has 1 amide bonds. The molecule has 7 heteroatoms. The van der Waals surface area contributed by atoms with Crippen LogP contribution in [0.15, 0.2) is 54.6 Å². The van der Waals surface area contributed by atoms with Gasteiger partial charge in [0.15, 0.2) is 0 Å².